The van der Waals surface area contributed by atoms with E-state index in [4.69, 9.17) is 4.74 Å². The lowest BCUT2D eigenvalue weighted by atomic mass is 10.2. The summed E-state index contributed by atoms with van der Waals surface area (Å²) < 4.78 is 6.82. The minimum atomic E-state index is -0.314. The van der Waals surface area contributed by atoms with E-state index in [2.05, 4.69) is 21.2 Å². The number of rotatable bonds is 3. The van der Waals surface area contributed by atoms with Gasteiger partial charge in [0.2, 0.25) is 0 Å². The van der Waals surface area contributed by atoms with Gasteiger partial charge in [-0.15, -0.1) is 0 Å². The van der Waals surface area contributed by atoms with E-state index in [1.165, 1.54) is 13.5 Å². The molecule has 3 heterocycles. The lowest BCUT2D eigenvalue weighted by molar-refractivity contribution is 0.0600. The molecule has 20 heavy (non-hydrogen) atoms. The maximum Gasteiger partial charge on any atom is 0.337 e. The number of carbonyl (C=O) groups excluding carboxylic acids is 1. The largest absolute Gasteiger partial charge is 0.465 e. The average Bonchev–Trinajstić information content (AvgIpc) is 3.11. The van der Waals surface area contributed by atoms with Gasteiger partial charge in [-0.1, -0.05) is 6.92 Å². The average molecular weight is 273 g/mol. The number of hydrogen-bond acceptors (Lipinski definition) is 4. The van der Waals surface area contributed by atoms with Crippen LogP contribution in [-0.2, 0) is 4.74 Å². The van der Waals surface area contributed by atoms with Crippen LogP contribution in [-0.4, -0.2) is 40.5 Å². The minimum Gasteiger partial charge on any atom is -0.465 e. The number of ether oxygens (including phenoxy) is 1. The molecule has 1 aliphatic rings. The molecule has 0 aliphatic carbocycles. The molecule has 106 valence electrons. The Morgan fingerprint density at radius 3 is 3.15 bits per heavy atom. The first-order valence-electron chi connectivity index (χ1n) is 7.04. The van der Waals surface area contributed by atoms with Gasteiger partial charge in [0.1, 0.15) is 5.82 Å². The Labute approximate surface area is 118 Å². The van der Waals surface area contributed by atoms with Gasteiger partial charge < -0.3 is 9.14 Å². The molecule has 0 radical (unpaired) electrons. The lowest BCUT2D eigenvalue weighted by Crippen LogP contribution is -2.24. The van der Waals surface area contributed by atoms with E-state index in [1.807, 2.05) is 18.5 Å². The third kappa shape index (κ3) is 2.08. The number of fused-ring (bicyclic) bond motifs is 1. The molecule has 0 N–H and O–H groups in total. The monoisotopic (exact) mass is 273 g/mol. The zero-order valence-electron chi connectivity index (χ0n) is 11.9. The van der Waals surface area contributed by atoms with Crippen LogP contribution in [0.15, 0.2) is 24.5 Å². The smallest absolute Gasteiger partial charge is 0.337 e. The lowest BCUT2D eigenvalue weighted by Gasteiger charge is -2.21. The van der Waals surface area contributed by atoms with E-state index in [-0.39, 0.29) is 5.97 Å². The van der Waals surface area contributed by atoms with Gasteiger partial charge in [-0.05, 0) is 38.1 Å². The first-order valence-corrected chi connectivity index (χ1v) is 7.04. The quantitative estimate of drug-likeness (QED) is 0.805. The molecule has 5 nitrogen and oxygen atoms in total. The van der Waals surface area contributed by atoms with E-state index in [0.717, 1.165) is 30.9 Å². The fraction of sp³-hybridized carbons (Fsp3) is 0.467. The number of imidazole rings is 1. The highest BCUT2D eigenvalue weighted by molar-refractivity contribution is 5.90. The second kappa shape index (κ2) is 5.25. The fourth-order valence-electron chi connectivity index (χ4n) is 3.01. The van der Waals surface area contributed by atoms with E-state index >= 15 is 0 Å². The summed E-state index contributed by atoms with van der Waals surface area (Å²) in [6.07, 6.45) is 6.10. The van der Waals surface area contributed by atoms with Gasteiger partial charge in [-0.25, -0.2) is 9.78 Å². The number of nitrogens with zero attached hydrogens (tertiary/aromatic N) is 3. The predicted octanol–water partition coefficient (Wildman–Crippen LogP) is 2.28. The van der Waals surface area contributed by atoms with E-state index in [1.54, 1.807) is 6.07 Å². The number of carbonyl (C=O) groups is 1. The topological polar surface area (TPSA) is 46.8 Å². The Hall–Kier alpha value is -1.88. The van der Waals surface area contributed by atoms with Crippen LogP contribution in [0.3, 0.4) is 0 Å². The number of hydrogen-bond donors (Lipinski definition) is 0. The molecular formula is C15H19N3O2. The first-order chi connectivity index (χ1) is 9.74. The van der Waals surface area contributed by atoms with Crippen LogP contribution in [0.1, 0.15) is 42.0 Å². The SMILES string of the molecule is CCN1CCCC1c1ncc2cc(C(=O)OC)ccn12. The van der Waals surface area contributed by atoms with Crippen molar-refractivity contribution in [2.75, 3.05) is 20.2 Å². The minimum absolute atomic E-state index is 0.314. The van der Waals surface area contributed by atoms with Crippen LogP contribution < -0.4 is 0 Å². The molecule has 1 aliphatic heterocycles. The first kappa shape index (κ1) is 13.1. The van der Waals surface area contributed by atoms with E-state index < -0.39 is 0 Å². The molecule has 0 spiro atoms. The summed E-state index contributed by atoms with van der Waals surface area (Å²) in [7, 11) is 1.39. The maximum absolute atomic E-state index is 11.6. The summed E-state index contributed by atoms with van der Waals surface area (Å²) >= 11 is 0. The van der Waals surface area contributed by atoms with Gasteiger partial charge in [0.25, 0.3) is 0 Å². The van der Waals surface area contributed by atoms with E-state index in [0.29, 0.717) is 11.6 Å². The van der Waals surface area contributed by atoms with Crippen molar-refractivity contribution in [2.45, 2.75) is 25.8 Å². The summed E-state index contributed by atoms with van der Waals surface area (Å²) in [6.45, 7) is 4.36. The molecule has 2 aromatic heterocycles. The van der Waals surface area contributed by atoms with Crippen molar-refractivity contribution in [3.8, 4) is 0 Å². The summed E-state index contributed by atoms with van der Waals surface area (Å²) in [6, 6.07) is 3.99. The zero-order valence-corrected chi connectivity index (χ0v) is 11.9. The Kier molecular flexibility index (Phi) is 3.44. The number of aromatic nitrogens is 2. The van der Waals surface area contributed by atoms with Crippen molar-refractivity contribution < 1.29 is 9.53 Å². The summed E-state index contributed by atoms with van der Waals surface area (Å²) in [5, 5.41) is 0. The zero-order chi connectivity index (χ0) is 14.1. The highest BCUT2D eigenvalue weighted by Crippen LogP contribution is 2.31. The summed E-state index contributed by atoms with van der Waals surface area (Å²) in [5.74, 6) is 0.752. The molecule has 0 bridgehead atoms. The Morgan fingerprint density at radius 1 is 1.55 bits per heavy atom. The van der Waals surface area contributed by atoms with Crippen LogP contribution in [0.25, 0.3) is 5.52 Å². The van der Waals surface area contributed by atoms with Gasteiger partial charge in [-0.3, -0.25) is 4.90 Å². The normalized spacial score (nSPS) is 19.6. The second-order valence-electron chi connectivity index (χ2n) is 5.10. The van der Waals surface area contributed by atoms with Gasteiger partial charge >= 0.3 is 5.97 Å². The van der Waals surface area contributed by atoms with E-state index in [9.17, 15) is 4.79 Å². The van der Waals surface area contributed by atoms with Crippen molar-refractivity contribution in [1.82, 2.24) is 14.3 Å². The van der Waals surface area contributed by atoms with Crippen LogP contribution in [0.5, 0.6) is 0 Å². The van der Waals surface area contributed by atoms with Crippen LogP contribution in [0, 0.1) is 0 Å². The van der Waals surface area contributed by atoms with Gasteiger partial charge in [0.15, 0.2) is 0 Å². The molecule has 0 amide bonds. The van der Waals surface area contributed by atoms with Gasteiger partial charge in [0.05, 0.1) is 30.4 Å². The van der Waals surface area contributed by atoms with Crippen LogP contribution >= 0.6 is 0 Å². The van der Waals surface area contributed by atoms with Gasteiger partial charge in [0, 0.05) is 6.20 Å². The fourth-order valence-corrected chi connectivity index (χ4v) is 3.01. The molecule has 1 atom stereocenters. The van der Waals surface area contributed by atoms with Crippen molar-refractivity contribution in [2.24, 2.45) is 0 Å². The van der Waals surface area contributed by atoms with Crippen molar-refractivity contribution in [3.63, 3.8) is 0 Å². The highest BCUT2D eigenvalue weighted by atomic mass is 16.5. The predicted molar refractivity (Wildman–Crippen MR) is 75.8 cm³/mol. The second-order valence-corrected chi connectivity index (χ2v) is 5.10. The Balaban J connectivity index is 2.00. The molecule has 0 aromatic carbocycles. The molecular weight excluding hydrogens is 254 g/mol. The Bertz CT molecular complexity index is 635. The Morgan fingerprint density at radius 2 is 2.40 bits per heavy atom. The maximum atomic E-state index is 11.6. The standard InChI is InChI=1S/C15H19N3O2/c1-3-17-7-4-5-13(17)14-16-10-12-9-11(15(19)20-2)6-8-18(12)14/h6,8-10,13H,3-5,7H2,1-2H3. The van der Waals surface area contributed by atoms with Crippen molar-refractivity contribution >= 4 is 11.5 Å². The molecule has 1 unspecified atom stereocenters. The van der Waals surface area contributed by atoms with Crippen LogP contribution in [0.2, 0.25) is 0 Å². The summed E-state index contributed by atoms with van der Waals surface area (Å²) in [4.78, 5) is 18.6. The number of methoxy groups -OCH3 is 1. The molecule has 5 heteroatoms. The third-order valence-electron chi connectivity index (χ3n) is 4.05. The molecule has 1 fully saturated rings. The molecule has 1 saturated heterocycles. The third-order valence-corrected chi connectivity index (χ3v) is 4.05. The molecule has 3 rings (SSSR count). The van der Waals surface area contributed by atoms with Crippen molar-refractivity contribution in [3.05, 3.63) is 35.9 Å². The van der Waals surface area contributed by atoms with Crippen molar-refractivity contribution in [1.29, 1.82) is 0 Å². The van der Waals surface area contributed by atoms with Crippen LogP contribution in [0.4, 0.5) is 0 Å². The number of likely N-dealkylation sites (tertiary alicyclic amines) is 1. The number of esters is 1. The highest BCUT2D eigenvalue weighted by Gasteiger charge is 2.27. The van der Waals surface area contributed by atoms with Gasteiger partial charge in [-0.2, -0.15) is 0 Å². The molecule has 0 saturated carbocycles. The number of pyridine rings is 1. The summed E-state index contributed by atoms with van der Waals surface area (Å²) in [5.41, 5.74) is 1.50. The molecule has 2 aromatic rings.